The van der Waals surface area contributed by atoms with Crippen LogP contribution in [0.25, 0.3) is 27.4 Å². The van der Waals surface area contributed by atoms with Gasteiger partial charge in [-0.25, -0.2) is 13.7 Å². The first kappa shape index (κ1) is 25.7. The molecule has 1 aliphatic carbocycles. The Bertz CT molecular complexity index is 2010. The molecule has 42 heavy (non-hydrogen) atoms. The molecule has 0 bridgehead atoms. The van der Waals surface area contributed by atoms with Crippen molar-refractivity contribution in [3.05, 3.63) is 143 Å². The fourth-order valence-electron chi connectivity index (χ4n) is 5.84. The summed E-state index contributed by atoms with van der Waals surface area (Å²) in [6.07, 6.45) is 5.57. The van der Waals surface area contributed by atoms with Crippen molar-refractivity contribution >= 4 is 28.2 Å². The molecular formula is C35H26FN3O3. The maximum absolute atomic E-state index is 14.1. The number of halogens is 1. The van der Waals surface area contributed by atoms with Gasteiger partial charge >= 0.3 is 5.97 Å². The highest BCUT2D eigenvalue weighted by molar-refractivity contribution is 6.03. The van der Waals surface area contributed by atoms with E-state index in [0.29, 0.717) is 16.7 Å². The highest BCUT2D eigenvalue weighted by Gasteiger charge is 2.48. The van der Waals surface area contributed by atoms with Crippen molar-refractivity contribution < 1.29 is 19.1 Å². The molecule has 0 saturated heterocycles. The zero-order valence-corrected chi connectivity index (χ0v) is 22.5. The van der Waals surface area contributed by atoms with Gasteiger partial charge < -0.3 is 10.4 Å². The van der Waals surface area contributed by atoms with Crippen molar-refractivity contribution in [3.8, 4) is 11.1 Å². The van der Waals surface area contributed by atoms with Gasteiger partial charge in [-0.15, -0.1) is 0 Å². The smallest absolute Gasteiger partial charge is 0.335 e. The van der Waals surface area contributed by atoms with Crippen LogP contribution in [0.5, 0.6) is 0 Å². The summed E-state index contributed by atoms with van der Waals surface area (Å²) in [6, 6.07) is 29.3. The van der Waals surface area contributed by atoms with Crippen LogP contribution in [0.15, 0.2) is 109 Å². The molecule has 0 spiro atoms. The Kier molecular flexibility index (Phi) is 6.08. The Morgan fingerprint density at radius 2 is 1.67 bits per heavy atom. The van der Waals surface area contributed by atoms with Crippen LogP contribution in [0, 0.1) is 5.82 Å². The molecule has 7 rings (SSSR count). The molecule has 0 radical (unpaired) electrons. The van der Waals surface area contributed by atoms with Crippen LogP contribution in [-0.2, 0) is 12.0 Å². The molecule has 1 saturated carbocycles. The molecule has 0 aliphatic heterocycles. The molecule has 0 atom stereocenters. The fraction of sp³-hybridized carbons (Fsp3) is 0.114. The van der Waals surface area contributed by atoms with Gasteiger partial charge in [0.1, 0.15) is 5.82 Å². The van der Waals surface area contributed by atoms with Crippen LogP contribution in [0.1, 0.15) is 50.2 Å². The molecule has 1 fully saturated rings. The monoisotopic (exact) mass is 555 g/mol. The highest BCUT2D eigenvalue weighted by Crippen LogP contribution is 2.55. The summed E-state index contributed by atoms with van der Waals surface area (Å²) in [5, 5.41) is 19.2. The van der Waals surface area contributed by atoms with Crippen LogP contribution in [0.4, 0.5) is 4.39 Å². The normalized spacial score (nSPS) is 13.7. The number of pyridine rings is 1. The molecule has 2 heterocycles. The lowest BCUT2D eigenvalue weighted by Gasteiger charge is -2.18. The SMILES string of the molecule is O=C(O)c1ccc(CNC(=O)c2cc(-c3cccc(F)c3)cn3ncc(C4(c5ccc6ccccc6c5)CC4)c23)cc1. The van der Waals surface area contributed by atoms with Gasteiger partial charge in [0.25, 0.3) is 5.91 Å². The predicted octanol–water partition coefficient (Wildman–Crippen LogP) is 7.00. The maximum atomic E-state index is 14.1. The topological polar surface area (TPSA) is 83.7 Å². The Labute approximate surface area is 241 Å². The van der Waals surface area contributed by atoms with Crippen LogP contribution in [0.2, 0.25) is 0 Å². The molecule has 2 aromatic heterocycles. The van der Waals surface area contributed by atoms with Gasteiger partial charge in [0.05, 0.1) is 22.8 Å². The van der Waals surface area contributed by atoms with Crippen molar-refractivity contribution in [1.82, 2.24) is 14.9 Å². The average Bonchev–Trinajstić information content (AvgIpc) is 3.71. The average molecular weight is 556 g/mol. The standard InChI is InChI=1S/C35H26FN3O3/c36-29-7-3-6-26(17-29)27-18-30(33(40)37-19-22-8-10-24(11-9-22)34(41)42)32-31(20-38-39(32)21-27)35(14-15-35)28-13-12-23-4-1-2-5-25(23)16-28/h1-13,16-18,20-21H,14-15,19H2,(H,37,40)(H,41,42). The Balaban J connectivity index is 1.32. The molecule has 2 N–H and O–H groups in total. The third-order valence-corrected chi connectivity index (χ3v) is 8.24. The maximum Gasteiger partial charge on any atom is 0.335 e. The van der Waals surface area contributed by atoms with E-state index in [1.54, 1.807) is 34.8 Å². The largest absolute Gasteiger partial charge is 0.478 e. The number of fused-ring (bicyclic) bond motifs is 2. The van der Waals surface area contributed by atoms with Gasteiger partial charge in [-0.05, 0) is 70.6 Å². The lowest BCUT2D eigenvalue weighted by atomic mass is 9.86. The number of carboxylic acid groups (broad SMARTS) is 1. The number of rotatable bonds is 7. The van der Waals surface area contributed by atoms with Crippen LogP contribution >= 0.6 is 0 Å². The molecular weight excluding hydrogens is 529 g/mol. The number of carbonyl (C=O) groups is 2. The zero-order chi connectivity index (χ0) is 28.8. The highest BCUT2D eigenvalue weighted by atomic mass is 19.1. The number of hydrogen-bond acceptors (Lipinski definition) is 3. The number of carbonyl (C=O) groups excluding carboxylic acids is 1. The van der Waals surface area contributed by atoms with Gasteiger partial charge in [-0.2, -0.15) is 5.10 Å². The minimum Gasteiger partial charge on any atom is -0.478 e. The Morgan fingerprint density at radius 1 is 0.881 bits per heavy atom. The number of aromatic nitrogens is 2. The minimum absolute atomic E-state index is 0.182. The number of aromatic carboxylic acids is 1. The fourth-order valence-corrected chi connectivity index (χ4v) is 5.84. The quantitative estimate of drug-likeness (QED) is 0.222. The minimum atomic E-state index is -1.00. The van der Waals surface area contributed by atoms with Gasteiger partial charge in [-0.3, -0.25) is 4.79 Å². The van der Waals surface area contributed by atoms with E-state index >= 15 is 0 Å². The van der Waals surface area contributed by atoms with Crippen molar-refractivity contribution in [3.63, 3.8) is 0 Å². The number of benzene rings is 4. The van der Waals surface area contributed by atoms with E-state index in [0.717, 1.165) is 34.9 Å². The van der Waals surface area contributed by atoms with Crippen LogP contribution in [-0.4, -0.2) is 26.6 Å². The summed E-state index contributed by atoms with van der Waals surface area (Å²) in [6.45, 7) is 0.217. The summed E-state index contributed by atoms with van der Waals surface area (Å²) in [5.74, 6) is -1.66. The van der Waals surface area contributed by atoms with Crippen LogP contribution < -0.4 is 5.32 Å². The molecule has 1 amide bonds. The van der Waals surface area contributed by atoms with E-state index in [2.05, 4.69) is 35.6 Å². The molecule has 6 nitrogen and oxygen atoms in total. The van der Waals surface area contributed by atoms with E-state index in [1.165, 1.54) is 35.2 Å². The lowest BCUT2D eigenvalue weighted by molar-refractivity contribution is 0.0696. The van der Waals surface area contributed by atoms with E-state index in [4.69, 9.17) is 5.10 Å². The summed E-state index contributed by atoms with van der Waals surface area (Å²) >= 11 is 0. The first-order chi connectivity index (χ1) is 20.4. The first-order valence-electron chi connectivity index (χ1n) is 13.8. The summed E-state index contributed by atoms with van der Waals surface area (Å²) in [4.78, 5) is 25.1. The molecule has 7 heteroatoms. The van der Waals surface area contributed by atoms with Gasteiger partial charge in [0.2, 0.25) is 0 Å². The van der Waals surface area contributed by atoms with E-state index in [-0.39, 0.29) is 29.2 Å². The van der Waals surface area contributed by atoms with Crippen molar-refractivity contribution in [1.29, 1.82) is 0 Å². The number of hydrogen-bond donors (Lipinski definition) is 2. The van der Waals surface area contributed by atoms with E-state index in [9.17, 15) is 19.1 Å². The zero-order valence-electron chi connectivity index (χ0n) is 22.5. The van der Waals surface area contributed by atoms with E-state index in [1.807, 2.05) is 24.5 Å². The van der Waals surface area contributed by atoms with Crippen LogP contribution in [0.3, 0.4) is 0 Å². The molecule has 0 unspecified atom stereocenters. The van der Waals surface area contributed by atoms with E-state index < -0.39 is 5.97 Å². The van der Waals surface area contributed by atoms with Crippen molar-refractivity contribution in [2.24, 2.45) is 0 Å². The Morgan fingerprint density at radius 3 is 2.40 bits per heavy atom. The molecule has 206 valence electrons. The number of carboxylic acids is 1. The summed E-state index contributed by atoms with van der Waals surface area (Å²) < 4.78 is 15.9. The van der Waals surface area contributed by atoms with Crippen molar-refractivity contribution in [2.75, 3.05) is 0 Å². The second kappa shape index (κ2) is 9.96. The third kappa shape index (κ3) is 4.49. The van der Waals surface area contributed by atoms with Crippen molar-refractivity contribution in [2.45, 2.75) is 24.8 Å². The lowest BCUT2D eigenvalue weighted by Crippen LogP contribution is -2.24. The molecule has 6 aromatic rings. The Hall–Kier alpha value is -5.30. The third-order valence-electron chi connectivity index (χ3n) is 8.24. The summed E-state index contributed by atoms with van der Waals surface area (Å²) in [7, 11) is 0. The second-order valence-electron chi connectivity index (χ2n) is 10.8. The predicted molar refractivity (Wildman–Crippen MR) is 159 cm³/mol. The summed E-state index contributed by atoms with van der Waals surface area (Å²) in [5.41, 5.74) is 5.35. The molecule has 1 aliphatic rings. The second-order valence-corrected chi connectivity index (χ2v) is 10.8. The van der Waals surface area contributed by atoms with Gasteiger partial charge in [0.15, 0.2) is 0 Å². The number of amides is 1. The first-order valence-corrected chi connectivity index (χ1v) is 13.8. The van der Waals surface area contributed by atoms with Gasteiger partial charge in [0, 0.05) is 29.3 Å². The van der Waals surface area contributed by atoms with Gasteiger partial charge in [-0.1, -0.05) is 66.7 Å². The number of nitrogens with one attached hydrogen (secondary N) is 1. The number of nitrogens with zero attached hydrogens (tertiary/aromatic N) is 2. The molecule has 4 aromatic carbocycles.